The number of carbonyl (C=O) groups excluding carboxylic acids is 1. The minimum absolute atomic E-state index is 0.142. The Morgan fingerprint density at radius 2 is 1.83 bits per heavy atom. The predicted molar refractivity (Wildman–Crippen MR) is 92.0 cm³/mol. The number of para-hydroxylation sites is 1. The van der Waals surface area contributed by atoms with Crippen LogP contribution in [-0.4, -0.2) is 33.2 Å². The number of carbonyl (C=O) groups is 1. The van der Waals surface area contributed by atoms with Gasteiger partial charge in [-0.15, -0.1) is 0 Å². The maximum Gasteiger partial charge on any atom is 0.242 e. The van der Waals surface area contributed by atoms with Gasteiger partial charge in [0.05, 0.1) is 10.6 Å². The summed E-state index contributed by atoms with van der Waals surface area (Å²) >= 11 is 1.35. The second kappa shape index (κ2) is 7.03. The molecule has 0 aromatic heterocycles. The summed E-state index contributed by atoms with van der Waals surface area (Å²) in [4.78, 5) is 12.3. The molecular formula is C15H17N3O3S2. The first-order valence-electron chi connectivity index (χ1n) is 6.65. The van der Waals surface area contributed by atoms with Gasteiger partial charge in [-0.1, -0.05) is 23.9 Å². The fourth-order valence-electron chi connectivity index (χ4n) is 1.85. The first-order chi connectivity index (χ1) is 10.9. The zero-order valence-electron chi connectivity index (χ0n) is 12.7. The zero-order chi connectivity index (χ0) is 17.0. The molecular weight excluding hydrogens is 334 g/mol. The van der Waals surface area contributed by atoms with Crippen LogP contribution < -0.4 is 11.1 Å². The molecule has 0 atom stereocenters. The summed E-state index contributed by atoms with van der Waals surface area (Å²) in [6, 6.07) is 11.9. The SMILES string of the molecule is CN(C)S(=O)(=O)c1ccc(Sc2ccccc2NC=O)c(N)c1. The van der Waals surface area contributed by atoms with Gasteiger partial charge in [0, 0.05) is 29.6 Å². The van der Waals surface area contributed by atoms with E-state index < -0.39 is 10.0 Å². The maximum absolute atomic E-state index is 12.1. The van der Waals surface area contributed by atoms with Crippen molar-refractivity contribution in [2.75, 3.05) is 25.1 Å². The van der Waals surface area contributed by atoms with E-state index in [1.807, 2.05) is 18.2 Å². The molecule has 2 aromatic carbocycles. The number of nitrogens with two attached hydrogens (primary N) is 1. The second-order valence-electron chi connectivity index (χ2n) is 4.85. The van der Waals surface area contributed by atoms with Crippen LogP contribution in [0.2, 0.25) is 0 Å². The fraction of sp³-hybridized carbons (Fsp3) is 0.133. The number of nitrogens with zero attached hydrogens (tertiary/aromatic N) is 1. The van der Waals surface area contributed by atoms with Gasteiger partial charge in [-0.25, -0.2) is 12.7 Å². The summed E-state index contributed by atoms with van der Waals surface area (Å²) < 4.78 is 25.4. The number of nitrogens with one attached hydrogen (secondary N) is 1. The Bertz CT molecular complexity index is 820. The fourth-order valence-corrected chi connectivity index (χ4v) is 3.72. The van der Waals surface area contributed by atoms with Crippen LogP contribution >= 0.6 is 11.8 Å². The number of hydrogen-bond acceptors (Lipinski definition) is 5. The van der Waals surface area contributed by atoms with Crippen LogP contribution in [0.25, 0.3) is 0 Å². The van der Waals surface area contributed by atoms with E-state index in [0.29, 0.717) is 22.7 Å². The van der Waals surface area contributed by atoms with Crippen molar-refractivity contribution in [2.24, 2.45) is 0 Å². The molecule has 6 nitrogen and oxygen atoms in total. The molecule has 0 radical (unpaired) electrons. The highest BCUT2D eigenvalue weighted by atomic mass is 32.2. The first kappa shape index (κ1) is 17.3. The minimum Gasteiger partial charge on any atom is -0.398 e. The predicted octanol–water partition coefficient (Wildman–Crippen LogP) is 2.24. The van der Waals surface area contributed by atoms with E-state index in [9.17, 15) is 13.2 Å². The van der Waals surface area contributed by atoms with Crippen molar-refractivity contribution < 1.29 is 13.2 Å². The van der Waals surface area contributed by atoms with Gasteiger partial charge in [-0.2, -0.15) is 0 Å². The lowest BCUT2D eigenvalue weighted by atomic mass is 10.3. The zero-order valence-corrected chi connectivity index (χ0v) is 14.3. The second-order valence-corrected chi connectivity index (χ2v) is 8.08. The molecule has 0 unspecified atom stereocenters. The minimum atomic E-state index is -3.52. The van der Waals surface area contributed by atoms with Gasteiger partial charge in [0.25, 0.3) is 0 Å². The summed E-state index contributed by atoms with van der Waals surface area (Å²) in [5, 5.41) is 2.62. The van der Waals surface area contributed by atoms with Gasteiger partial charge >= 0.3 is 0 Å². The Kier molecular flexibility index (Phi) is 5.30. The molecule has 0 bridgehead atoms. The van der Waals surface area contributed by atoms with Crippen molar-refractivity contribution in [3.63, 3.8) is 0 Å². The van der Waals surface area contributed by atoms with Crippen LogP contribution in [0, 0.1) is 0 Å². The van der Waals surface area contributed by atoms with E-state index in [1.165, 1.54) is 38.0 Å². The average molecular weight is 351 g/mol. The molecule has 1 amide bonds. The molecule has 3 N–H and O–H groups in total. The molecule has 2 aromatic rings. The molecule has 0 spiro atoms. The number of hydrogen-bond donors (Lipinski definition) is 2. The van der Waals surface area contributed by atoms with Crippen molar-refractivity contribution in [3.05, 3.63) is 42.5 Å². The van der Waals surface area contributed by atoms with Crippen LogP contribution in [-0.2, 0) is 14.8 Å². The lowest BCUT2D eigenvalue weighted by Crippen LogP contribution is -2.22. The Balaban J connectivity index is 2.35. The maximum atomic E-state index is 12.1. The summed E-state index contributed by atoms with van der Waals surface area (Å²) in [6.07, 6.45) is 0.607. The van der Waals surface area contributed by atoms with Crippen molar-refractivity contribution in [1.29, 1.82) is 0 Å². The third-order valence-corrected chi connectivity index (χ3v) is 6.06. The lowest BCUT2D eigenvalue weighted by Gasteiger charge is -2.14. The molecule has 0 saturated heterocycles. The number of rotatable bonds is 6. The largest absolute Gasteiger partial charge is 0.398 e. The topological polar surface area (TPSA) is 92.5 Å². The molecule has 23 heavy (non-hydrogen) atoms. The Morgan fingerprint density at radius 3 is 2.43 bits per heavy atom. The van der Waals surface area contributed by atoms with E-state index in [-0.39, 0.29) is 4.90 Å². The monoisotopic (exact) mass is 351 g/mol. The van der Waals surface area contributed by atoms with Gasteiger partial charge in [0.1, 0.15) is 0 Å². The molecule has 122 valence electrons. The van der Waals surface area contributed by atoms with E-state index in [4.69, 9.17) is 5.73 Å². The van der Waals surface area contributed by atoms with Crippen molar-refractivity contribution in [2.45, 2.75) is 14.7 Å². The number of benzene rings is 2. The molecule has 0 heterocycles. The third-order valence-electron chi connectivity index (χ3n) is 3.08. The molecule has 8 heteroatoms. The van der Waals surface area contributed by atoms with Crippen LogP contribution in [0.1, 0.15) is 0 Å². The van der Waals surface area contributed by atoms with Crippen LogP contribution in [0.4, 0.5) is 11.4 Å². The van der Waals surface area contributed by atoms with Gasteiger partial charge < -0.3 is 11.1 Å². The normalized spacial score (nSPS) is 11.4. The van der Waals surface area contributed by atoms with Crippen LogP contribution in [0.3, 0.4) is 0 Å². The van der Waals surface area contributed by atoms with Gasteiger partial charge in [-0.3, -0.25) is 4.79 Å². The highest BCUT2D eigenvalue weighted by Gasteiger charge is 2.18. The molecule has 0 aliphatic rings. The summed E-state index contributed by atoms with van der Waals surface area (Å²) in [5.74, 6) is 0. The van der Waals surface area contributed by atoms with Crippen molar-refractivity contribution in [1.82, 2.24) is 4.31 Å². The highest BCUT2D eigenvalue weighted by Crippen LogP contribution is 2.37. The first-order valence-corrected chi connectivity index (χ1v) is 8.91. The molecule has 0 saturated carbocycles. The number of nitrogen functional groups attached to an aromatic ring is 1. The molecule has 0 aliphatic heterocycles. The number of amides is 1. The Morgan fingerprint density at radius 1 is 1.13 bits per heavy atom. The van der Waals surface area contributed by atoms with E-state index >= 15 is 0 Å². The Labute approximate surface area is 139 Å². The van der Waals surface area contributed by atoms with Crippen LogP contribution in [0.15, 0.2) is 57.2 Å². The average Bonchev–Trinajstić information content (AvgIpc) is 2.51. The van der Waals surface area contributed by atoms with Gasteiger partial charge in [0.2, 0.25) is 16.4 Å². The molecule has 0 fully saturated rings. The quantitative estimate of drug-likeness (QED) is 0.615. The summed E-state index contributed by atoms with van der Waals surface area (Å²) in [5.41, 5.74) is 7.02. The van der Waals surface area contributed by atoms with E-state index in [1.54, 1.807) is 12.1 Å². The van der Waals surface area contributed by atoms with Gasteiger partial charge in [0.15, 0.2) is 0 Å². The summed E-state index contributed by atoms with van der Waals surface area (Å²) in [7, 11) is -0.585. The third kappa shape index (κ3) is 3.84. The number of sulfonamides is 1. The summed E-state index contributed by atoms with van der Waals surface area (Å²) in [6.45, 7) is 0. The van der Waals surface area contributed by atoms with Gasteiger partial charge in [-0.05, 0) is 30.3 Å². The van der Waals surface area contributed by atoms with E-state index in [0.717, 1.165) is 9.20 Å². The Hall–Kier alpha value is -2.03. The van der Waals surface area contributed by atoms with E-state index in [2.05, 4.69) is 5.32 Å². The lowest BCUT2D eigenvalue weighted by molar-refractivity contribution is -0.105. The molecule has 2 rings (SSSR count). The van der Waals surface area contributed by atoms with Crippen molar-refractivity contribution >= 4 is 39.6 Å². The number of anilines is 2. The van der Waals surface area contributed by atoms with Crippen molar-refractivity contribution in [3.8, 4) is 0 Å². The standard InChI is InChI=1S/C15H17N3O3S2/c1-18(2)23(20,21)11-7-8-14(12(16)9-11)22-15-6-4-3-5-13(15)17-10-19/h3-10H,16H2,1-2H3,(H,17,19). The highest BCUT2D eigenvalue weighted by molar-refractivity contribution is 7.99. The smallest absolute Gasteiger partial charge is 0.242 e. The molecule has 0 aliphatic carbocycles. The van der Waals surface area contributed by atoms with Crippen LogP contribution in [0.5, 0.6) is 0 Å².